The van der Waals surface area contributed by atoms with E-state index in [9.17, 15) is 4.79 Å². The van der Waals surface area contributed by atoms with Gasteiger partial charge in [0.15, 0.2) is 0 Å². The lowest BCUT2D eigenvalue weighted by Crippen LogP contribution is -2.46. The summed E-state index contributed by atoms with van der Waals surface area (Å²) >= 11 is 0. The van der Waals surface area contributed by atoms with E-state index in [1.165, 1.54) is 25.9 Å². The maximum absolute atomic E-state index is 11.5. The number of ether oxygens (including phenoxy) is 1. The monoisotopic (exact) mass is 256 g/mol. The predicted molar refractivity (Wildman–Crippen MR) is 73.6 cm³/mol. The van der Waals surface area contributed by atoms with Gasteiger partial charge < -0.3 is 14.5 Å². The Bertz CT molecular complexity index is 250. The van der Waals surface area contributed by atoms with E-state index in [4.69, 9.17) is 4.74 Å². The van der Waals surface area contributed by atoms with Crippen LogP contribution in [0.5, 0.6) is 0 Å². The zero-order valence-corrected chi connectivity index (χ0v) is 12.3. The van der Waals surface area contributed by atoms with Crippen molar-refractivity contribution in [2.75, 3.05) is 33.3 Å². The van der Waals surface area contributed by atoms with Crippen LogP contribution in [0, 0.1) is 0 Å². The molecule has 4 heteroatoms. The van der Waals surface area contributed by atoms with Crippen molar-refractivity contribution in [1.82, 2.24) is 9.80 Å². The largest absolute Gasteiger partial charge is 0.466 e. The van der Waals surface area contributed by atoms with E-state index in [1.807, 2.05) is 6.92 Å². The molecule has 0 aliphatic carbocycles. The summed E-state index contributed by atoms with van der Waals surface area (Å²) in [5.74, 6) is -0.0807. The second-order valence-corrected chi connectivity index (χ2v) is 5.19. The SMILES string of the molecule is CCOC(=O)CC(C)N(C)C1CCN(CC)CC1. The summed E-state index contributed by atoms with van der Waals surface area (Å²) in [6.07, 6.45) is 2.91. The van der Waals surface area contributed by atoms with Gasteiger partial charge in [0, 0.05) is 12.1 Å². The molecule has 0 amide bonds. The van der Waals surface area contributed by atoms with Gasteiger partial charge in [-0.25, -0.2) is 0 Å². The number of likely N-dealkylation sites (tertiary alicyclic amines) is 1. The van der Waals surface area contributed by atoms with Crippen molar-refractivity contribution in [3.05, 3.63) is 0 Å². The first-order valence-corrected chi connectivity index (χ1v) is 7.18. The van der Waals surface area contributed by atoms with E-state index in [1.54, 1.807) is 0 Å². The molecule has 1 atom stereocenters. The highest BCUT2D eigenvalue weighted by molar-refractivity contribution is 5.70. The molecule has 1 rings (SSSR count). The lowest BCUT2D eigenvalue weighted by atomic mass is 10.0. The summed E-state index contributed by atoms with van der Waals surface area (Å²) in [7, 11) is 2.14. The number of nitrogens with zero attached hydrogens (tertiary/aromatic N) is 2. The fraction of sp³-hybridized carbons (Fsp3) is 0.929. The number of hydrogen-bond donors (Lipinski definition) is 0. The number of rotatable bonds is 6. The first-order valence-electron chi connectivity index (χ1n) is 7.18. The number of esters is 1. The number of hydrogen-bond acceptors (Lipinski definition) is 4. The quantitative estimate of drug-likeness (QED) is 0.678. The van der Waals surface area contributed by atoms with E-state index in [0.717, 1.165) is 6.54 Å². The molecule has 0 aromatic carbocycles. The minimum absolute atomic E-state index is 0.0807. The molecular formula is C14H28N2O2. The molecule has 0 aromatic rings. The van der Waals surface area contributed by atoms with Crippen molar-refractivity contribution in [2.24, 2.45) is 0 Å². The highest BCUT2D eigenvalue weighted by atomic mass is 16.5. The van der Waals surface area contributed by atoms with E-state index < -0.39 is 0 Å². The van der Waals surface area contributed by atoms with Gasteiger partial charge in [-0.05, 0) is 53.4 Å². The Morgan fingerprint density at radius 1 is 1.39 bits per heavy atom. The van der Waals surface area contributed by atoms with Crippen LogP contribution in [-0.2, 0) is 9.53 Å². The summed E-state index contributed by atoms with van der Waals surface area (Å²) in [6, 6.07) is 0.874. The van der Waals surface area contributed by atoms with Crippen LogP contribution in [0.2, 0.25) is 0 Å². The molecule has 0 N–H and O–H groups in total. The molecule has 0 radical (unpaired) electrons. The molecular weight excluding hydrogens is 228 g/mol. The molecule has 0 aromatic heterocycles. The summed E-state index contributed by atoms with van der Waals surface area (Å²) in [5.41, 5.74) is 0. The summed E-state index contributed by atoms with van der Waals surface area (Å²) in [4.78, 5) is 16.3. The Balaban J connectivity index is 2.35. The summed E-state index contributed by atoms with van der Waals surface area (Å²) in [6.45, 7) is 10.2. The average Bonchev–Trinajstić information content (AvgIpc) is 2.38. The summed E-state index contributed by atoms with van der Waals surface area (Å²) < 4.78 is 5.01. The molecule has 0 bridgehead atoms. The normalized spacial score (nSPS) is 20.1. The Morgan fingerprint density at radius 3 is 2.50 bits per heavy atom. The first-order chi connectivity index (χ1) is 8.58. The van der Waals surface area contributed by atoms with Gasteiger partial charge in [-0.15, -0.1) is 0 Å². The Kier molecular flexibility index (Phi) is 6.65. The van der Waals surface area contributed by atoms with Gasteiger partial charge in [0.05, 0.1) is 13.0 Å². The molecule has 0 spiro atoms. The molecule has 1 saturated heterocycles. The molecule has 0 saturated carbocycles. The number of piperidine rings is 1. The minimum Gasteiger partial charge on any atom is -0.466 e. The third-order valence-corrected chi connectivity index (χ3v) is 4.04. The van der Waals surface area contributed by atoms with Crippen LogP contribution < -0.4 is 0 Å². The standard InChI is InChI=1S/C14H28N2O2/c1-5-16-9-7-13(8-10-16)15(4)12(3)11-14(17)18-6-2/h12-13H,5-11H2,1-4H3. The molecule has 4 nitrogen and oxygen atoms in total. The van der Waals surface area contributed by atoms with Gasteiger partial charge in [0.1, 0.15) is 0 Å². The average molecular weight is 256 g/mol. The molecule has 106 valence electrons. The van der Waals surface area contributed by atoms with Crippen molar-refractivity contribution in [3.8, 4) is 0 Å². The van der Waals surface area contributed by atoms with Gasteiger partial charge in [-0.2, -0.15) is 0 Å². The molecule has 1 fully saturated rings. The van der Waals surface area contributed by atoms with Crippen molar-refractivity contribution in [2.45, 2.75) is 52.1 Å². The molecule has 18 heavy (non-hydrogen) atoms. The smallest absolute Gasteiger partial charge is 0.307 e. The first kappa shape index (κ1) is 15.4. The van der Waals surface area contributed by atoms with Crippen LogP contribution in [0.3, 0.4) is 0 Å². The number of carbonyl (C=O) groups excluding carboxylic acids is 1. The minimum atomic E-state index is -0.0807. The van der Waals surface area contributed by atoms with Crippen LogP contribution in [0.25, 0.3) is 0 Å². The van der Waals surface area contributed by atoms with Crippen molar-refractivity contribution in [3.63, 3.8) is 0 Å². The van der Waals surface area contributed by atoms with Gasteiger partial charge in [0.25, 0.3) is 0 Å². The van der Waals surface area contributed by atoms with Gasteiger partial charge in [-0.1, -0.05) is 6.92 Å². The topological polar surface area (TPSA) is 32.8 Å². The van der Waals surface area contributed by atoms with E-state index in [2.05, 4.69) is 30.7 Å². The van der Waals surface area contributed by atoms with Crippen molar-refractivity contribution in [1.29, 1.82) is 0 Å². The second kappa shape index (κ2) is 7.74. The molecule has 1 unspecified atom stereocenters. The van der Waals surface area contributed by atoms with E-state index >= 15 is 0 Å². The van der Waals surface area contributed by atoms with Crippen LogP contribution in [0.1, 0.15) is 40.0 Å². The zero-order chi connectivity index (χ0) is 13.5. The maximum Gasteiger partial charge on any atom is 0.307 e. The molecule has 1 heterocycles. The van der Waals surface area contributed by atoms with Gasteiger partial charge >= 0.3 is 5.97 Å². The van der Waals surface area contributed by atoms with Gasteiger partial charge in [-0.3, -0.25) is 4.79 Å². The van der Waals surface area contributed by atoms with Crippen molar-refractivity contribution < 1.29 is 9.53 Å². The van der Waals surface area contributed by atoms with Crippen LogP contribution >= 0.6 is 0 Å². The number of carbonyl (C=O) groups is 1. The van der Waals surface area contributed by atoms with Gasteiger partial charge in [0.2, 0.25) is 0 Å². The van der Waals surface area contributed by atoms with Crippen molar-refractivity contribution >= 4 is 5.97 Å². The van der Waals surface area contributed by atoms with Crippen LogP contribution in [-0.4, -0.2) is 61.1 Å². The Hall–Kier alpha value is -0.610. The predicted octanol–water partition coefficient (Wildman–Crippen LogP) is 1.74. The Morgan fingerprint density at radius 2 is 2.00 bits per heavy atom. The molecule has 1 aliphatic rings. The molecule has 1 aliphatic heterocycles. The van der Waals surface area contributed by atoms with E-state index in [0.29, 0.717) is 19.1 Å². The third-order valence-electron chi connectivity index (χ3n) is 4.04. The fourth-order valence-electron chi connectivity index (χ4n) is 2.61. The lowest BCUT2D eigenvalue weighted by molar-refractivity contribution is -0.144. The van der Waals surface area contributed by atoms with Crippen LogP contribution in [0.4, 0.5) is 0 Å². The maximum atomic E-state index is 11.5. The third kappa shape index (κ3) is 4.58. The Labute approximate surface area is 111 Å². The highest BCUT2D eigenvalue weighted by Gasteiger charge is 2.25. The summed E-state index contributed by atoms with van der Waals surface area (Å²) in [5, 5.41) is 0. The van der Waals surface area contributed by atoms with E-state index in [-0.39, 0.29) is 12.0 Å². The highest BCUT2D eigenvalue weighted by Crippen LogP contribution is 2.18. The van der Waals surface area contributed by atoms with Crippen LogP contribution in [0.15, 0.2) is 0 Å². The fourth-order valence-corrected chi connectivity index (χ4v) is 2.61. The second-order valence-electron chi connectivity index (χ2n) is 5.19. The lowest BCUT2D eigenvalue weighted by Gasteiger charge is -2.38. The zero-order valence-electron chi connectivity index (χ0n) is 12.3.